The van der Waals surface area contributed by atoms with Gasteiger partial charge in [-0.1, -0.05) is 37.1 Å². The van der Waals surface area contributed by atoms with Crippen LogP contribution in [-0.2, 0) is 0 Å². The summed E-state index contributed by atoms with van der Waals surface area (Å²) >= 11 is 5.86. The van der Waals surface area contributed by atoms with Crippen LogP contribution in [0.4, 0.5) is 0 Å². The van der Waals surface area contributed by atoms with E-state index < -0.39 is 0 Å². The van der Waals surface area contributed by atoms with Gasteiger partial charge in [0.2, 0.25) is 0 Å². The van der Waals surface area contributed by atoms with Crippen LogP contribution in [0.15, 0.2) is 24.3 Å². The molecule has 3 N–H and O–H groups in total. The zero-order chi connectivity index (χ0) is 11.3. The number of hydrogen-bond donors (Lipinski definition) is 2. The highest BCUT2D eigenvalue weighted by Gasteiger charge is 2.18. The zero-order valence-electron chi connectivity index (χ0n) is 9.33. The Hall–Kier alpha value is -0.570. The highest BCUT2D eigenvalue weighted by atomic mass is 35.5. The van der Waals surface area contributed by atoms with Crippen molar-refractivity contribution in [2.75, 3.05) is 13.6 Å². The molecule has 0 amide bonds. The van der Waals surface area contributed by atoms with Crippen LogP contribution >= 0.6 is 11.6 Å². The van der Waals surface area contributed by atoms with Crippen LogP contribution in [0, 0.1) is 5.92 Å². The molecule has 2 atom stereocenters. The maximum atomic E-state index is 5.86. The maximum Gasteiger partial charge on any atom is 0.0406 e. The summed E-state index contributed by atoms with van der Waals surface area (Å²) in [5.41, 5.74) is 7.01. The Labute approximate surface area is 96.8 Å². The molecule has 0 saturated carbocycles. The van der Waals surface area contributed by atoms with Gasteiger partial charge >= 0.3 is 0 Å². The van der Waals surface area contributed by atoms with E-state index in [1.54, 1.807) is 0 Å². The van der Waals surface area contributed by atoms with Crippen molar-refractivity contribution in [3.8, 4) is 0 Å². The molecule has 0 heterocycles. The summed E-state index contributed by atoms with van der Waals surface area (Å²) in [6.45, 7) is 2.86. The lowest BCUT2D eigenvalue weighted by atomic mass is 9.91. The number of nitrogens with one attached hydrogen (secondary N) is 1. The minimum Gasteiger partial charge on any atom is -0.330 e. The normalized spacial score (nSPS) is 14.9. The first-order chi connectivity index (χ1) is 7.22. The summed E-state index contributed by atoms with van der Waals surface area (Å²) in [6, 6.07) is 8.27. The zero-order valence-corrected chi connectivity index (χ0v) is 10.1. The molecule has 2 nitrogen and oxygen atoms in total. The fraction of sp³-hybridized carbons (Fsp3) is 0.500. The van der Waals surface area contributed by atoms with Crippen molar-refractivity contribution in [1.29, 1.82) is 0 Å². The first-order valence-electron chi connectivity index (χ1n) is 5.35. The summed E-state index contributed by atoms with van der Waals surface area (Å²) in [5, 5.41) is 4.09. The number of nitrogens with two attached hydrogens (primary N) is 1. The quantitative estimate of drug-likeness (QED) is 0.810. The Morgan fingerprint density at radius 3 is 2.33 bits per heavy atom. The predicted molar refractivity (Wildman–Crippen MR) is 66.1 cm³/mol. The molecule has 0 saturated heterocycles. The lowest BCUT2D eigenvalue weighted by Gasteiger charge is -2.25. The summed E-state index contributed by atoms with van der Waals surface area (Å²) in [6.07, 6.45) is 1.07. The summed E-state index contributed by atoms with van der Waals surface area (Å²) in [4.78, 5) is 0. The summed E-state index contributed by atoms with van der Waals surface area (Å²) in [5.74, 6) is 0.469. The van der Waals surface area contributed by atoms with Gasteiger partial charge in [-0.3, -0.25) is 0 Å². The topological polar surface area (TPSA) is 38.0 Å². The minimum absolute atomic E-state index is 0.317. The molecule has 1 rings (SSSR count). The lowest BCUT2D eigenvalue weighted by Crippen LogP contribution is -2.30. The van der Waals surface area contributed by atoms with E-state index in [9.17, 15) is 0 Å². The molecule has 0 aliphatic rings. The fourth-order valence-electron chi connectivity index (χ4n) is 1.88. The third kappa shape index (κ3) is 3.20. The van der Waals surface area contributed by atoms with Crippen LogP contribution < -0.4 is 11.1 Å². The Balaban J connectivity index is 2.86. The van der Waals surface area contributed by atoms with Crippen molar-refractivity contribution >= 4 is 11.6 Å². The van der Waals surface area contributed by atoms with Crippen LogP contribution in [0.2, 0.25) is 5.02 Å². The van der Waals surface area contributed by atoms with Crippen LogP contribution in [0.25, 0.3) is 0 Å². The van der Waals surface area contributed by atoms with Gasteiger partial charge in [0.05, 0.1) is 0 Å². The van der Waals surface area contributed by atoms with Gasteiger partial charge in [-0.2, -0.15) is 0 Å². The molecule has 15 heavy (non-hydrogen) atoms. The van der Waals surface area contributed by atoms with E-state index in [2.05, 4.69) is 24.4 Å². The molecule has 0 radical (unpaired) electrons. The minimum atomic E-state index is 0.317. The monoisotopic (exact) mass is 226 g/mol. The van der Waals surface area contributed by atoms with Gasteiger partial charge in [0.15, 0.2) is 0 Å². The SMILES string of the molecule is CCC(CN)C(NC)c1ccc(Cl)cc1. The second kappa shape index (κ2) is 6.11. The first-order valence-corrected chi connectivity index (χ1v) is 5.73. The third-order valence-electron chi connectivity index (χ3n) is 2.84. The number of benzene rings is 1. The number of hydrogen-bond acceptors (Lipinski definition) is 2. The molecule has 0 spiro atoms. The van der Waals surface area contributed by atoms with Gasteiger partial charge in [-0.25, -0.2) is 0 Å². The van der Waals surface area contributed by atoms with Crippen molar-refractivity contribution in [1.82, 2.24) is 5.32 Å². The van der Waals surface area contributed by atoms with Gasteiger partial charge in [-0.15, -0.1) is 0 Å². The number of halogens is 1. The molecular weight excluding hydrogens is 208 g/mol. The average molecular weight is 227 g/mol. The van der Waals surface area contributed by atoms with E-state index in [1.165, 1.54) is 5.56 Å². The van der Waals surface area contributed by atoms with Crippen molar-refractivity contribution < 1.29 is 0 Å². The van der Waals surface area contributed by atoms with Crippen molar-refractivity contribution in [2.45, 2.75) is 19.4 Å². The first kappa shape index (κ1) is 12.5. The molecule has 0 fully saturated rings. The summed E-state index contributed by atoms with van der Waals surface area (Å²) in [7, 11) is 1.97. The van der Waals surface area contributed by atoms with Crippen molar-refractivity contribution in [3.63, 3.8) is 0 Å². The Bertz CT molecular complexity index is 280. The molecule has 0 bridgehead atoms. The second-order valence-electron chi connectivity index (χ2n) is 3.72. The molecule has 0 aliphatic heterocycles. The van der Waals surface area contributed by atoms with Crippen LogP contribution in [0.1, 0.15) is 24.9 Å². The maximum absolute atomic E-state index is 5.86. The van der Waals surface area contributed by atoms with Gasteiger partial charge in [0.25, 0.3) is 0 Å². The van der Waals surface area contributed by atoms with Crippen LogP contribution in [0.3, 0.4) is 0 Å². The number of rotatable bonds is 5. The van der Waals surface area contributed by atoms with Gasteiger partial charge < -0.3 is 11.1 Å². The highest BCUT2D eigenvalue weighted by Crippen LogP contribution is 2.24. The van der Waals surface area contributed by atoms with Crippen LogP contribution in [-0.4, -0.2) is 13.6 Å². The molecule has 84 valence electrons. The molecule has 1 aromatic rings. The van der Waals surface area contributed by atoms with E-state index in [0.717, 1.165) is 11.4 Å². The molecule has 0 aliphatic carbocycles. The predicted octanol–water partition coefficient (Wildman–Crippen LogP) is 2.59. The van der Waals surface area contributed by atoms with Crippen LogP contribution in [0.5, 0.6) is 0 Å². The molecule has 3 heteroatoms. The standard InChI is InChI=1S/C12H19ClN2/c1-3-9(8-14)12(15-2)10-4-6-11(13)7-5-10/h4-7,9,12,15H,3,8,14H2,1-2H3. The van der Waals surface area contributed by atoms with E-state index in [4.69, 9.17) is 17.3 Å². The van der Waals surface area contributed by atoms with Gasteiger partial charge in [0.1, 0.15) is 0 Å². The second-order valence-corrected chi connectivity index (χ2v) is 4.16. The van der Waals surface area contributed by atoms with Gasteiger partial charge in [-0.05, 0) is 37.2 Å². The van der Waals surface area contributed by atoms with Gasteiger partial charge in [0, 0.05) is 11.1 Å². The van der Waals surface area contributed by atoms with Crippen molar-refractivity contribution in [3.05, 3.63) is 34.9 Å². The van der Waals surface area contributed by atoms with E-state index in [-0.39, 0.29) is 0 Å². The lowest BCUT2D eigenvalue weighted by molar-refractivity contribution is 0.378. The van der Waals surface area contributed by atoms with E-state index >= 15 is 0 Å². The average Bonchev–Trinajstić information content (AvgIpc) is 2.27. The Kier molecular flexibility index (Phi) is 5.09. The molecule has 1 aromatic carbocycles. The smallest absolute Gasteiger partial charge is 0.0406 e. The molecular formula is C12H19ClN2. The molecule has 2 unspecified atom stereocenters. The third-order valence-corrected chi connectivity index (χ3v) is 3.09. The Morgan fingerprint density at radius 2 is 1.93 bits per heavy atom. The Morgan fingerprint density at radius 1 is 1.33 bits per heavy atom. The largest absolute Gasteiger partial charge is 0.330 e. The fourth-order valence-corrected chi connectivity index (χ4v) is 2.01. The van der Waals surface area contributed by atoms with Crippen molar-refractivity contribution in [2.24, 2.45) is 11.7 Å². The van der Waals surface area contributed by atoms with E-state index in [0.29, 0.717) is 18.5 Å². The molecule has 0 aromatic heterocycles. The summed E-state index contributed by atoms with van der Waals surface area (Å²) < 4.78 is 0. The highest BCUT2D eigenvalue weighted by molar-refractivity contribution is 6.30. The van der Waals surface area contributed by atoms with E-state index in [1.807, 2.05) is 19.2 Å².